The lowest BCUT2D eigenvalue weighted by Gasteiger charge is -1.82. The van der Waals surface area contributed by atoms with Gasteiger partial charge in [-0.2, -0.15) is 8.42 Å². The summed E-state index contributed by atoms with van der Waals surface area (Å²) in [6.07, 6.45) is 1.32. The van der Waals surface area contributed by atoms with E-state index in [9.17, 15) is 13.5 Å². The maximum atomic E-state index is 9.33. The molecule has 0 aromatic rings. The molecular formula is C4H9O5S. The van der Waals surface area contributed by atoms with Crippen molar-refractivity contribution in [2.45, 2.75) is 0 Å². The first-order valence-electron chi connectivity index (χ1n) is 2.20. The van der Waals surface area contributed by atoms with E-state index in [4.69, 9.17) is 4.55 Å². The molecule has 0 aromatic heterocycles. The van der Waals surface area contributed by atoms with Gasteiger partial charge in [0.05, 0.1) is 7.11 Å². The average molecular weight is 169 g/mol. The highest BCUT2D eigenvalue weighted by molar-refractivity contribution is 7.80. The van der Waals surface area contributed by atoms with Gasteiger partial charge in [0.2, 0.25) is 0 Å². The smallest absolute Gasteiger partial charge is 0.264 e. The van der Waals surface area contributed by atoms with Crippen LogP contribution in [-0.2, 0) is 19.7 Å². The molecule has 0 rings (SSSR count). The van der Waals surface area contributed by atoms with E-state index in [0.717, 1.165) is 7.11 Å². The first kappa shape index (κ1) is 12.3. The van der Waals surface area contributed by atoms with E-state index in [0.29, 0.717) is 0 Å². The fourth-order valence-electron chi connectivity index (χ4n) is 0. The molecule has 0 aliphatic heterocycles. The summed E-state index contributed by atoms with van der Waals surface area (Å²) in [6.45, 7) is 3.00. The number of rotatable bonds is 2. The second-order valence-corrected chi connectivity index (χ2v) is 2.24. The lowest BCUT2D eigenvalue weighted by atomic mass is 10.7. The molecule has 0 aromatic carbocycles. The molecule has 0 atom stereocenters. The predicted octanol–water partition coefficient (Wildman–Crippen LogP) is 0.0385. The van der Waals surface area contributed by atoms with Crippen LogP contribution in [0.2, 0.25) is 0 Å². The molecule has 0 unspecified atom stereocenters. The summed E-state index contributed by atoms with van der Waals surface area (Å²) < 4.78 is 29.7. The van der Waals surface area contributed by atoms with Gasteiger partial charge in [-0.3, -0.25) is 8.74 Å². The van der Waals surface area contributed by atoms with Crippen molar-refractivity contribution in [1.82, 2.24) is 0 Å². The molecule has 0 aliphatic rings. The molecule has 1 radical (unpaired) electrons. The van der Waals surface area contributed by atoms with E-state index >= 15 is 0 Å². The maximum absolute atomic E-state index is 9.33. The molecule has 0 bridgehead atoms. The van der Waals surface area contributed by atoms with Crippen LogP contribution in [0.5, 0.6) is 0 Å². The number of hydrogen-bond donors (Lipinski definition) is 1. The molecule has 6 heteroatoms. The first-order chi connectivity index (χ1) is 4.47. The van der Waals surface area contributed by atoms with Crippen LogP contribution < -0.4 is 0 Å². The lowest BCUT2D eigenvalue weighted by Crippen LogP contribution is -1.96. The molecule has 0 amide bonds. The first-order valence-corrected chi connectivity index (χ1v) is 3.56. The average Bonchev–Trinajstić information content (AvgIpc) is 1.87. The molecule has 0 saturated heterocycles. The molecule has 1 N–H and O–H groups in total. The van der Waals surface area contributed by atoms with Gasteiger partial charge in [0.15, 0.2) is 0 Å². The van der Waals surface area contributed by atoms with E-state index < -0.39 is 10.4 Å². The van der Waals surface area contributed by atoms with Crippen molar-refractivity contribution in [3.63, 3.8) is 0 Å². The van der Waals surface area contributed by atoms with Crippen LogP contribution in [0, 0.1) is 0 Å². The van der Waals surface area contributed by atoms with Gasteiger partial charge in [0.1, 0.15) is 6.61 Å². The van der Waals surface area contributed by atoms with E-state index in [2.05, 4.69) is 10.8 Å². The van der Waals surface area contributed by atoms with Gasteiger partial charge in [-0.25, -0.2) is 5.11 Å². The fourth-order valence-corrected chi connectivity index (χ4v) is 0. The zero-order valence-electron chi connectivity index (χ0n) is 5.48. The summed E-state index contributed by atoms with van der Waals surface area (Å²) in [6, 6.07) is 0. The second kappa shape index (κ2) is 6.69. The van der Waals surface area contributed by atoms with Crippen molar-refractivity contribution in [3.8, 4) is 0 Å². The van der Waals surface area contributed by atoms with E-state index in [1.807, 2.05) is 0 Å². The molecule has 5 nitrogen and oxygen atoms in total. The Morgan fingerprint density at radius 2 is 1.90 bits per heavy atom. The monoisotopic (exact) mass is 169 g/mol. The van der Waals surface area contributed by atoms with Crippen LogP contribution >= 0.6 is 0 Å². The molecule has 0 fully saturated rings. The van der Waals surface area contributed by atoms with Crippen LogP contribution in [-0.4, -0.2) is 26.7 Å². The van der Waals surface area contributed by atoms with Gasteiger partial charge < -0.3 is 0 Å². The van der Waals surface area contributed by atoms with Gasteiger partial charge in [-0.1, -0.05) is 6.08 Å². The Labute approximate surface area is 59.9 Å². The SMILES string of the molecule is C=CC[O].COS(=O)(=O)O. The third-order valence-corrected chi connectivity index (χ3v) is 0.750. The summed E-state index contributed by atoms with van der Waals surface area (Å²) in [5, 5.41) is 9.18. The normalized spacial score (nSPS) is 9.50. The summed E-state index contributed by atoms with van der Waals surface area (Å²) in [5.74, 6) is 0. The van der Waals surface area contributed by atoms with Crippen LogP contribution in [0.1, 0.15) is 0 Å². The summed E-state index contributed by atoms with van der Waals surface area (Å²) in [4.78, 5) is 0. The minimum absolute atomic E-state index is 0.167. The van der Waals surface area contributed by atoms with E-state index in [1.165, 1.54) is 6.08 Å². The molecular weight excluding hydrogens is 160 g/mol. The van der Waals surface area contributed by atoms with Crippen LogP contribution in [0.3, 0.4) is 0 Å². The van der Waals surface area contributed by atoms with E-state index in [1.54, 1.807) is 0 Å². The Balaban J connectivity index is 0. The topological polar surface area (TPSA) is 83.5 Å². The second-order valence-electron chi connectivity index (χ2n) is 1.05. The van der Waals surface area contributed by atoms with Gasteiger partial charge in [0.25, 0.3) is 0 Å². The maximum Gasteiger partial charge on any atom is 0.397 e. The molecule has 0 aliphatic carbocycles. The highest BCUT2D eigenvalue weighted by Gasteiger charge is 1.93. The van der Waals surface area contributed by atoms with Crippen molar-refractivity contribution >= 4 is 10.4 Å². The van der Waals surface area contributed by atoms with Crippen molar-refractivity contribution in [2.24, 2.45) is 0 Å². The highest BCUT2D eigenvalue weighted by Crippen LogP contribution is 1.74. The summed E-state index contributed by atoms with van der Waals surface area (Å²) in [5.41, 5.74) is 0. The van der Waals surface area contributed by atoms with Crippen LogP contribution in [0.15, 0.2) is 12.7 Å². The summed E-state index contributed by atoms with van der Waals surface area (Å²) in [7, 11) is -3.29. The third kappa shape index (κ3) is 25.6. The Kier molecular flexibility index (Phi) is 8.20. The minimum Gasteiger partial charge on any atom is -0.264 e. The number of hydrogen-bond acceptors (Lipinski definition) is 3. The van der Waals surface area contributed by atoms with E-state index in [-0.39, 0.29) is 6.61 Å². The summed E-state index contributed by atoms with van der Waals surface area (Å²) >= 11 is 0. The van der Waals surface area contributed by atoms with Gasteiger partial charge in [-0.15, -0.1) is 6.58 Å². The Morgan fingerprint density at radius 3 is 1.90 bits per heavy atom. The van der Waals surface area contributed by atoms with Crippen molar-refractivity contribution in [2.75, 3.05) is 13.7 Å². The molecule has 10 heavy (non-hydrogen) atoms. The largest absolute Gasteiger partial charge is 0.397 e. The van der Waals surface area contributed by atoms with Gasteiger partial charge >= 0.3 is 10.4 Å². The third-order valence-electron chi connectivity index (χ3n) is 0.328. The quantitative estimate of drug-likeness (QED) is 0.467. The standard InChI is InChI=1S/C3H5O.CH4O4S/c1-2-3-4;1-5-6(2,3)4/h2H,1,3H2;1H3,(H,2,3,4). The predicted molar refractivity (Wildman–Crippen MR) is 34.3 cm³/mol. The van der Waals surface area contributed by atoms with Gasteiger partial charge in [0, 0.05) is 0 Å². The zero-order chi connectivity index (χ0) is 8.62. The molecule has 0 heterocycles. The lowest BCUT2D eigenvalue weighted by molar-refractivity contribution is 0.232. The Bertz CT molecular complexity index is 158. The van der Waals surface area contributed by atoms with Crippen molar-refractivity contribution in [1.29, 1.82) is 0 Å². The van der Waals surface area contributed by atoms with Crippen molar-refractivity contribution in [3.05, 3.63) is 12.7 Å². The minimum atomic E-state index is -4.16. The van der Waals surface area contributed by atoms with Crippen LogP contribution in [0.25, 0.3) is 0 Å². The fraction of sp³-hybridized carbons (Fsp3) is 0.500. The van der Waals surface area contributed by atoms with Crippen LogP contribution in [0.4, 0.5) is 0 Å². The van der Waals surface area contributed by atoms with Gasteiger partial charge in [-0.05, 0) is 0 Å². The molecule has 61 valence electrons. The molecule has 0 spiro atoms. The Morgan fingerprint density at radius 1 is 1.70 bits per heavy atom. The van der Waals surface area contributed by atoms with Crippen molar-refractivity contribution < 1.29 is 22.3 Å². The molecule has 0 saturated carbocycles. The zero-order valence-corrected chi connectivity index (χ0v) is 6.30. The highest BCUT2D eigenvalue weighted by atomic mass is 32.3. The Hall–Kier alpha value is -0.430.